The molecule has 0 aromatic heterocycles. The fraction of sp³-hybridized carbons (Fsp3) is 0.400. The highest BCUT2D eigenvalue weighted by atomic mass is 32.2. The van der Waals surface area contributed by atoms with E-state index < -0.39 is 22.0 Å². The molecule has 0 bridgehead atoms. The molecule has 2 rings (SSSR count). The predicted octanol–water partition coefficient (Wildman–Crippen LogP) is -0.161. The van der Waals surface area contributed by atoms with Crippen LogP contribution >= 0.6 is 0 Å². The number of nitrogens with one attached hydrogen (secondary N) is 1. The lowest BCUT2D eigenvalue weighted by atomic mass is 10.2. The molecule has 0 saturated carbocycles. The summed E-state index contributed by atoms with van der Waals surface area (Å²) in [4.78, 5) is 0. The molecule has 1 aliphatic rings. The number of hydrogen-bond donors (Lipinski definition) is 3. The number of hydrogen-bond acceptors (Lipinski definition) is 5. The largest absolute Gasteiger partial charge is 0.399 e. The molecule has 6 heteroatoms. The Kier molecular flexibility index (Phi) is 2.77. The Morgan fingerprint density at radius 2 is 2.12 bits per heavy atom. The Bertz CT molecular complexity index is 487. The zero-order chi connectivity index (χ0) is 11.8. The van der Waals surface area contributed by atoms with Crippen molar-refractivity contribution in [3.63, 3.8) is 0 Å². The second kappa shape index (κ2) is 3.95. The topological polar surface area (TPSA) is 92.4 Å². The first kappa shape index (κ1) is 11.2. The van der Waals surface area contributed by atoms with Crippen molar-refractivity contribution in [2.45, 2.75) is 12.1 Å². The third-order valence-corrected chi connectivity index (χ3v) is 4.28. The second-order valence-corrected chi connectivity index (χ2v) is 6.17. The molecule has 1 aromatic carbocycles. The lowest BCUT2D eigenvalue weighted by molar-refractivity contribution is 0.190. The van der Waals surface area contributed by atoms with E-state index in [0.29, 0.717) is 5.69 Å². The number of nitrogens with two attached hydrogens (primary N) is 1. The summed E-state index contributed by atoms with van der Waals surface area (Å²) in [6.45, 7) is 0. The van der Waals surface area contributed by atoms with E-state index >= 15 is 0 Å². The molecule has 2 atom stereocenters. The van der Waals surface area contributed by atoms with Crippen LogP contribution in [0.4, 0.5) is 11.4 Å². The summed E-state index contributed by atoms with van der Waals surface area (Å²) in [7, 11) is -3.12. The Labute approximate surface area is 94.2 Å². The van der Waals surface area contributed by atoms with Crippen LogP contribution in [0.5, 0.6) is 0 Å². The second-order valence-electron chi connectivity index (χ2n) is 4.02. The van der Waals surface area contributed by atoms with Gasteiger partial charge in [-0.05, 0) is 18.2 Å². The standard InChI is InChI=1S/C10H14N2O3S/c11-7-2-1-3-8(4-7)12-9-5-16(14,15)6-10(9)13/h1-4,9-10,12-13H,5-6,11H2/t9-,10+/m1/s1. The molecule has 0 spiro atoms. The molecule has 0 amide bonds. The number of aliphatic hydroxyl groups is 1. The minimum absolute atomic E-state index is 0.0387. The van der Waals surface area contributed by atoms with Crippen molar-refractivity contribution in [2.75, 3.05) is 22.6 Å². The van der Waals surface area contributed by atoms with Crippen LogP contribution in [0.1, 0.15) is 0 Å². The molecule has 1 fully saturated rings. The summed E-state index contributed by atoms with van der Waals surface area (Å²) in [5, 5.41) is 12.6. The highest BCUT2D eigenvalue weighted by Gasteiger charge is 2.36. The van der Waals surface area contributed by atoms with E-state index in [0.717, 1.165) is 5.69 Å². The molecule has 16 heavy (non-hydrogen) atoms. The Balaban J connectivity index is 2.11. The van der Waals surface area contributed by atoms with Gasteiger partial charge in [-0.1, -0.05) is 6.07 Å². The quantitative estimate of drug-likeness (QED) is 0.627. The van der Waals surface area contributed by atoms with Crippen molar-refractivity contribution in [3.8, 4) is 0 Å². The maximum absolute atomic E-state index is 11.3. The van der Waals surface area contributed by atoms with Gasteiger partial charge < -0.3 is 16.2 Å². The summed E-state index contributed by atoms with van der Waals surface area (Å²) >= 11 is 0. The molecule has 0 aliphatic carbocycles. The summed E-state index contributed by atoms with van der Waals surface area (Å²) in [5.74, 6) is -0.212. The Morgan fingerprint density at radius 3 is 2.69 bits per heavy atom. The van der Waals surface area contributed by atoms with E-state index in [2.05, 4.69) is 5.32 Å². The van der Waals surface area contributed by atoms with Crippen LogP contribution in [0.3, 0.4) is 0 Å². The van der Waals surface area contributed by atoms with Crippen molar-refractivity contribution in [1.82, 2.24) is 0 Å². The summed E-state index contributed by atoms with van der Waals surface area (Å²) in [6.07, 6.45) is -0.855. The highest BCUT2D eigenvalue weighted by Crippen LogP contribution is 2.19. The van der Waals surface area contributed by atoms with Crippen molar-refractivity contribution in [3.05, 3.63) is 24.3 Å². The van der Waals surface area contributed by atoms with E-state index in [9.17, 15) is 13.5 Å². The van der Waals surface area contributed by atoms with Crippen LogP contribution in [0, 0.1) is 0 Å². The molecule has 4 N–H and O–H groups in total. The van der Waals surface area contributed by atoms with Crippen molar-refractivity contribution >= 4 is 21.2 Å². The van der Waals surface area contributed by atoms with Gasteiger partial charge in [0.1, 0.15) is 0 Å². The number of rotatable bonds is 2. The van der Waals surface area contributed by atoms with Gasteiger partial charge >= 0.3 is 0 Å². The first-order valence-corrected chi connectivity index (χ1v) is 6.79. The van der Waals surface area contributed by atoms with Crippen LogP contribution in [0.2, 0.25) is 0 Å². The monoisotopic (exact) mass is 242 g/mol. The predicted molar refractivity (Wildman–Crippen MR) is 62.9 cm³/mol. The van der Waals surface area contributed by atoms with Gasteiger partial charge in [0.15, 0.2) is 9.84 Å². The molecule has 5 nitrogen and oxygen atoms in total. The van der Waals surface area contributed by atoms with Gasteiger partial charge in [-0.15, -0.1) is 0 Å². The van der Waals surface area contributed by atoms with E-state index in [4.69, 9.17) is 5.73 Å². The molecule has 0 radical (unpaired) electrons. The number of sulfone groups is 1. The van der Waals surface area contributed by atoms with Gasteiger partial charge in [0.05, 0.1) is 23.7 Å². The fourth-order valence-electron chi connectivity index (χ4n) is 1.81. The van der Waals surface area contributed by atoms with Gasteiger partial charge in [-0.25, -0.2) is 8.42 Å². The maximum atomic E-state index is 11.3. The van der Waals surface area contributed by atoms with Crippen LogP contribution in [0.25, 0.3) is 0 Å². The molecule has 1 heterocycles. The van der Waals surface area contributed by atoms with E-state index in [1.807, 2.05) is 0 Å². The minimum atomic E-state index is -3.12. The Hall–Kier alpha value is -1.27. The van der Waals surface area contributed by atoms with Crippen molar-refractivity contribution < 1.29 is 13.5 Å². The Morgan fingerprint density at radius 1 is 1.38 bits per heavy atom. The van der Waals surface area contributed by atoms with Crippen LogP contribution in [0.15, 0.2) is 24.3 Å². The number of aliphatic hydroxyl groups excluding tert-OH is 1. The lowest BCUT2D eigenvalue weighted by Gasteiger charge is -2.16. The van der Waals surface area contributed by atoms with E-state index in [1.165, 1.54) is 0 Å². The summed E-state index contributed by atoms with van der Waals surface area (Å²) in [6, 6.07) is 6.55. The molecule has 1 saturated heterocycles. The molecule has 0 unspecified atom stereocenters. The smallest absolute Gasteiger partial charge is 0.155 e. The molecular weight excluding hydrogens is 228 g/mol. The average molecular weight is 242 g/mol. The minimum Gasteiger partial charge on any atom is -0.399 e. The number of anilines is 2. The number of nitrogen functional groups attached to an aromatic ring is 1. The van der Waals surface area contributed by atoms with Crippen molar-refractivity contribution in [1.29, 1.82) is 0 Å². The first-order chi connectivity index (χ1) is 7.46. The molecule has 88 valence electrons. The zero-order valence-corrected chi connectivity index (χ0v) is 9.44. The highest BCUT2D eigenvalue weighted by molar-refractivity contribution is 7.91. The van der Waals surface area contributed by atoms with Crippen LogP contribution in [-0.2, 0) is 9.84 Å². The van der Waals surface area contributed by atoms with Gasteiger partial charge in [-0.3, -0.25) is 0 Å². The van der Waals surface area contributed by atoms with Crippen LogP contribution in [-0.4, -0.2) is 37.2 Å². The SMILES string of the molecule is Nc1cccc(N[C@@H]2CS(=O)(=O)C[C@@H]2O)c1. The molecular formula is C10H14N2O3S. The van der Waals surface area contributed by atoms with Gasteiger partial charge in [-0.2, -0.15) is 0 Å². The zero-order valence-electron chi connectivity index (χ0n) is 8.63. The van der Waals surface area contributed by atoms with Gasteiger partial charge in [0.25, 0.3) is 0 Å². The van der Waals surface area contributed by atoms with Gasteiger partial charge in [0, 0.05) is 11.4 Å². The summed E-state index contributed by atoms with van der Waals surface area (Å²) in [5.41, 5.74) is 6.92. The maximum Gasteiger partial charge on any atom is 0.155 e. The molecule has 1 aromatic rings. The van der Waals surface area contributed by atoms with Crippen molar-refractivity contribution in [2.24, 2.45) is 0 Å². The lowest BCUT2D eigenvalue weighted by Crippen LogP contribution is -2.31. The van der Waals surface area contributed by atoms with Crippen LogP contribution < -0.4 is 11.1 Å². The first-order valence-electron chi connectivity index (χ1n) is 4.97. The van der Waals surface area contributed by atoms with E-state index in [-0.39, 0.29) is 11.5 Å². The van der Waals surface area contributed by atoms with E-state index in [1.54, 1.807) is 24.3 Å². The molecule has 1 aliphatic heterocycles. The fourth-order valence-corrected chi connectivity index (χ4v) is 3.55. The summed E-state index contributed by atoms with van der Waals surface area (Å²) < 4.78 is 22.6. The average Bonchev–Trinajstić information content (AvgIpc) is 2.39. The third kappa shape index (κ3) is 2.45. The van der Waals surface area contributed by atoms with Gasteiger partial charge in [0.2, 0.25) is 0 Å². The third-order valence-electron chi connectivity index (χ3n) is 2.56. The number of benzene rings is 1. The normalized spacial score (nSPS) is 27.8.